The molecule has 0 atom stereocenters. The number of ether oxygens (including phenoxy) is 3. The molecule has 0 aliphatic carbocycles. The molecule has 0 radical (unpaired) electrons. The van der Waals surface area contributed by atoms with Gasteiger partial charge < -0.3 is 14.2 Å². The molecule has 0 aliphatic rings. The molecule has 3 nitrogen and oxygen atoms in total. The topological polar surface area (TPSA) is 27.7 Å². The van der Waals surface area contributed by atoms with Gasteiger partial charge >= 0.3 is 0 Å². The van der Waals surface area contributed by atoms with Gasteiger partial charge in [0.05, 0.1) is 19.8 Å². The molecule has 1 aromatic carbocycles. The maximum atomic E-state index is 6.37. The fraction of sp³-hybridized carbons (Fsp3) is 0.818. The van der Waals surface area contributed by atoms with Crippen LogP contribution in [-0.4, -0.2) is 25.8 Å². The summed E-state index contributed by atoms with van der Waals surface area (Å²) in [5.41, 5.74) is 1.72. The molecule has 0 bridgehead atoms. The van der Waals surface area contributed by atoms with Crippen LogP contribution in [0.25, 0.3) is 0 Å². The predicted octanol–water partition coefficient (Wildman–Crippen LogP) is 10.4. The van der Waals surface area contributed by atoms with E-state index in [9.17, 15) is 0 Å². The zero-order chi connectivity index (χ0) is 26.4. The van der Waals surface area contributed by atoms with E-state index >= 15 is 0 Å². The lowest BCUT2D eigenvalue weighted by atomic mass is 9.80. The maximum Gasteiger partial charge on any atom is 0.282 e. The molecular formula is C33H60O3. The number of hydrogen-bond donors (Lipinski definition) is 0. The Hall–Kier alpha value is -0.900. The minimum Gasteiger partial charge on any atom is -0.327 e. The molecule has 0 saturated heterocycles. The third kappa shape index (κ3) is 15.4. The molecule has 0 heterocycles. The fourth-order valence-electron chi connectivity index (χ4n) is 4.73. The number of rotatable bonds is 25. The van der Waals surface area contributed by atoms with Crippen molar-refractivity contribution in [3.63, 3.8) is 0 Å². The Kier molecular flexibility index (Phi) is 19.4. The molecule has 0 amide bonds. The van der Waals surface area contributed by atoms with Crippen LogP contribution in [0.3, 0.4) is 0 Å². The first kappa shape index (κ1) is 33.1. The summed E-state index contributed by atoms with van der Waals surface area (Å²) in [7, 11) is 0. The molecule has 0 fully saturated rings. The highest BCUT2D eigenvalue weighted by Crippen LogP contribution is 2.30. The van der Waals surface area contributed by atoms with E-state index in [4.69, 9.17) is 14.2 Å². The van der Waals surface area contributed by atoms with Gasteiger partial charge in [-0.1, -0.05) is 136 Å². The van der Waals surface area contributed by atoms with E-state index in [1.807, 2.05) is 0 Å². The summed E-state index contributed by atoms with van der Waals surface area (Å²) in [6.45, 7) is 13.6. The van der Waals surface area contributed by atoms with Crippen LogP contribution < -0.4 is 0 Å². The third-order valence-corrected chi connectivity index (χ3v) is 7.30. The molecular weight excluding hydrogens is 444 g/mol. The molecule has 0 spiro atoms. The largest absolute Gasteiger partial charge is 0.327 e. The van der Waals surface area contributed by atoms with E-state index in [-0.39, 0.29) is 5.41 Å². The van der Waals surface area contributed by atoms with E-state index in [1.54, 1.807) is 0 Å². The summed E-state index contributed by atoms with van der Waals surface area (Å²) in [6, 6.07) is 11.0. The van der Waals surface area contributed by atoms with Gasteiger partial charge in [0, 0.05) is 6.42 Å². The lowest BCUT2D eigenvalue weighted by Gasteiger charge is -2.34. The zero-order valence-electron chi connectivity index (χ0n) is 24.8. The lowest BCUT2D eigenvalue weighted by Crippen LogP contribution is -2.40. The molecule has 0 saturated carbocycles. The SMILES string of the molecule is CCCCCOC(CCCCCCCCC(C)(C)c1ccccc1)(OCCCCC)OCCCCC. The second-order valence-corrected chi connectivity index (χ2v) is 11.2. The summed E-state index contributed by atoms with van der Waals surface area (Å²) >= 11 is 0. The van der Waals surface area contributed by atoms with Crippen molar-refractivity contribution in [2.45, 2.75) is 155 Å². The molecule has 0 aliphatic heterocycles. The molecule has 0 unspecified atom stereocenters. The fourth-order valence-corrected chi connectivity index (χ4v) is 4.73. The normalized spacial score (nSPS) is 12.4. The average Bonchev–Trinajstić information content (AvgIpc) is 2.89. The van der Waals surface area contributed by atoms with Crippen molar-refractivity contribution in [3.05, 3.63) is 35.9 Å². The summed E-state index contributed by atoms with van der Waals surface area (Å²) < 4.78 is 19.1. The third-order valence-electron chi connectivity index (χ3n) is 7.30. The Morgan fingerprint density at radius 3 is 1.36 bits per heavy atom. The molecule has 210 valence electrons. The zero-order valence-corrected chi connectivity index (χ0v) is 24.8. The van der Waals surface area contributed by atoms with E-state index < -0.39 is 5.97 Å². The Balaban J connectivity index is 2.45. The van der Waals surface area contributed by atoms with Gasteiger partial charge in [-0.05, 0) is 43.1 Å². The van der Waals surface area contributed by atoms with Crippen LogP contribution in [0.5, 0.6) is 0 Å². The van der Waals surface area contributed by atoms with Crippen LogP contribution in [0.2, 0.25) is 0 Å². The molecule has 1 rings (SSSR count). The Morgan fingerprint density at radius 2 is 0.917 bits per heavy atom. The van der Waals surface area contributed by atoms with Gasteiger partial charge in [-0.2, -0.15) is 0 Å². The highest BCUT2D eigenvalue weighted by molar-refractivity contribution is 5.23. The van der Waals surface area contributed by atoms with Crippen LogP contribution >= 0.6 is 0 Å². The summed E-state index contributed by atoms with van der Waals surface area (Å²) in [5, 5.41) is 0. The molecule has 36 heavy (non-hydrogen) atoms. The highest BCUT2D eigenvalue weighted by atomic mass is 16.9. The number of unbranched alkanes of at least 4 members (excludes halogenated alkanes) is 11. The van der Waals surface area contributed by atoms with Crippen molar-refractivity contribution in [2.24, 2.45) is 0 Å². The van der Waals surface area contributed by atoms with Crippen molar-refractivity contribution in [1.82, 2.24) is 0 Å². The van der Waals surface area contributed by atoms with Gasteiger partial charge in [0.15, 0.2) is 0 Å². The monoisotopic (exact) mass is 504 g/mol. The Labute approximate surface area is 225 Å². The van der Waals surface area contributed by atoms with Crippen molar-refractivity contribution in [3.8, 4) is 0 Å². The van der Waals surface area contributed by atoms with Crippen LogP contribution in [-0.2, 0) is 19.6 Å². The highest BCUT2D eigenvalue weighted by Gasteiger charge is 2.33. The van der Waals surface area contributed by atoms with E-state index in [0.29, 0.717) is 0 Å². The quantitative estimate of drug-likeness (QED) is 0.0978. The molecule has 0 aromatic heterocycles. The van der Waals surface area contributed by atoms with Crippen LogP contribution in [0, 0.1) is 0 Å². The van der Waals surface area contributed by atoms with Gasteiger partial charge in [-0.15, -0.1) is 0 Å². The standard InChI is InChI=1S/C33H60O3/c1-6-9-21-28-34-33(35-29-22-10-7-2,36-30-23-11-8-3)27-20-15-13-12-14-19-26-32(4,5)31-24-17-16-18-25-31/h16-18,24-25H,6-15,19-23,26-30H2,1-5H3. The van der Waals surface area contributed by atoms with E-state index in [1.165, 1.54) is 82.6 Å². The number of benzene rings is 1. The van der Waals surface area contributed by atoms with Crippen molar-refractivity contribution in [2.75, 3.05) is 19.8 Å². The van der Waals surface area contributed by atoms with Gasteiger partial charge in [-0.25, -0.2) is 0 Å². The maximum absolute atomic E-state index is 6.37. The van der Waals surface area contributed by atoms with Gasteiger partial charge in [0.2, 0.25) is 0 Å². The van der Waals surface area contributed by atoms with Gasteiger partial charge in [0.25, 0.3) is 5.97 Å². The summed E-state index contributed by atoms with van der Waals surface area (Å²) in [6.07, 6.45) is 20.1. The second kappa shape index (κ2) is 21.1. The van der Waals surface area contributed by atoms with E-state index in [0.717, 1.165) is 51.9 Å². The summed E-state index contributed by atoms with van der Waals surface area (Å²) in [4.78, 5) is 0. The molecule has 1 aromatic rings. The molecule has 3 heteroatoms. The molecule has 0 N–H and O–H groups in total. The first-order valence-corrected chi connectivity index (χ1v) is 15.5. The van der Waals surface area contributed by atoms with Crippen LogP contribution in [0.15, 0.2) is 30.3 Å². The van der Waals surface area contributed by atoms with Crippen LogP contribution in [0.4, 0.5) is 0 Å². The first-order valence-electron chi connectivity index (χ1n) is 15.5. The summed E-state index contributed by atoms with van der Waals surface area (Å²) in [5.74, 6) is -0.838. The minimum atomic E-state index is -0.838. The predicted molar refractivity (Wildman–Crippen MR) is 156 cm³/mol. The van der Waals surface area contributed by atoms with Crippen molar-refractivity contribution >= 4 is 0 Å². The van der Waals surface area contributed by atoms with Crippen LogP contribution in [0.1, 0.15) is 149 Å². The smallest absolute Gasteiger partial charge is 0.282 e. The Bertz CT molecular complexity index is 567. The number of hydrogen-bond acceptors (Lipinski definition) is 3. The average molecular weight is 505 g/mol. The van der Waals surface area contributed by atoms with Gasteiger partial charge in [-0.3, -0.25) is 0 Å². The van der Waals surface area contributed by atoms with Crippen molar-refractivity contribution < 1.29 is 14.2 Å². The lowest BCUT2D eigenvalue weighted by molar-refractivity contribution is -0.384. The Morgan fingerprint density at radius 1 is 0.500 bits per heavy atom. The van der Waals surface area contributed by atoms with Gasteiger partial charge in [0.1, 0.15) is 0 Å². The second-order valence-electron chi connectivity index (χ2n) is 11.2. The first-order chi connectivity index (χ1) is 17.5. The van der Waals surface area contributed by atoms with E-state index in [2.05, 4.69) is 65.0 Å². The minimum absolute atomic E-state index is 0.264. The van der Waals surface area contributed by atoms with Crippen molar-refractivity contribution in [1.29, 1.82) is 0 Å².